The molecule has 1 atom stereocenters. The maximum atomic E-state index is 2.51. The first-order chi connectivity index (χ1) is 31.7. The molecule has 1 unspecified atom stereocenters. The molecule has 1 aliphatic heterocycles. The minimum Gasteiger partial charge on any atom is -0.310 e. The lowest BCUT2D eigenvalue weighted by molar-refractivity contribution is 0.752. The number of rotatable bonds is 6. The number of nitrogens with zero attached hydrogens (tertiary/aromatic N) is 1. The fourth-order valence-electron chi connectivity index (χ4n) is 11.0. The van der Waals surface area contributed by atoms with Crippen LogP contribution in [0.2, 0.25) is 0 Å². The van der Waals surface area contributed by atoms with Gasteiger partial charge in [-0.15, -0.1) is 11.3 Å². The van der Waals surface area contributed by atoms with E-state index in [0.29, 0.717) is 0 Å². The highest BCUT2D eigenvalue weighted by atomic mass is 32.1. The molecule has 2 aliphatic rings. The predicted molar refractivity (Wildman–Crippen MR) is 270 cm³/mol. The standard InChI is InChI=1S/C62H41NS/c1-3-15-41(16-4-1)42-27-31-44(32-28-42)61(45-33-29-43(30-34-45)46-36-38-60-52(39-46)50-20-8-14-26-59(50)64-60)47-35-37-54-51(40-47)49-19-7-9-21-53(49)62(54)55-22-10-12-24-57(55)63(48-17-5-2-6-18-48)58-25-13-11-23-56(58)62/h1-40,61H. The van der Waals surface area contributed by atoms with Crippen LogP contribution < -0.4 is 4.90 Å². The van der Waals surface area contributed by atoms with E-state index < -0.39 is 5.41 Å². The third-order valence-electron chi connectivity index (χ3n) is 13.8. The minimum absolute atomic E-state index is 0.00989. The second-order valence-corrected chi connectivity index (χ2v) is 18.2. The average molecular weight is 832 g/mol. The predicted octanol–water partition coefficient (Wildman–Crippen LogP) is 16.7. The third kappa shape index (κ3) is 5.56. The maximum Gasteiger partial charge on any atom is 0.0754 e. The second kappa shape index (κ2) is 14.7. The number of anilines is 3. The highest BCUT2D eigenvalue weighted by molar-refractivity contribution is 7.25. The fourth-order valence-corrected chi connectivity index (χ4v) is 12.1. The van der Waals surface area contributed by atoms with Gasteiger partial charge < -0.3 is 4.90 Å². The molecule has 10 aromatic carbocycles. The summed E-state index contributed by atoms with van der Waals surface area (Å²) < 4.78 is 2.66. The van der Waals surface area contributed by atoms with Crippen LogP contribution in [0.3, 0.4) is 0 Å². The van der Waals surface area contributed by atoms with E-state index in [2.05, 4.69) is 248 Å². The van der Waals surface area contributed by atoms with Gasteiger partial charge in [-0.2, -0.15) is 0 Å². The number of fused-ring (bicyclic) bond motifs is 12. The first-order valence-electron chi connectivity index (χ1n) is 22.2. The van der Waals surface area contributed by atoms with Crippen molar-refractivity contribution in [2.45, 2.75) is 11.3 Å². The van der Waals surface area contributed by atoms with Crippen molar-refractivity contribution < 1.29 is 0 Å². The summed E-state index contributed by atoms with van der Waals surface area (Å²) in [6.45, 7) is 0. The lowest BCUT2D eigenvalue weighted by Gasteiger charge is -2.45. The zero-order valence-electron chi connectivity index (χ0n) is 35.0. The van der Waals surface area contributed by atoms with Crippen LogP contribution in [0, 0.1) is 0 Å². The summed E-state index contributed by atoms with van der Waals surface area (Å²) >= 11 is 1.87. The van der Waals surface area contributed by atoms with Crippen LogP contribution in [0.25, 0.3) is 53.6 Å². The van der Waals surface area contributed by atoms with Gasteiger partial charge in [0.25, 0.3) is 0 Å². The monoisotopic (exact) mass is 831 g/mol. The Balaban J connectivity index is 0.980. The van der Waals surface area contributed by atoms with E-state index in [-0.39, 0.29) is 5.92 Å². The van der Waals surface area contributed by atoms with Crippen LogP contribution in [-0.4, -0.2) is 0 Å². The molecule has 300 valence electrons. The van der Waals surface area contributed by atoms with Gasteiger partial charge in [-0.3, -0.25) is 0 Å². The van der Waals surface area contributed by atoms with E-state index in [4.69, 9.17) is 0 Å². The molecule has 1 aromatic heterocycles. The van der Waals surface area contributed by atoms with Gasteiger partial charge in [0.1, 0.15) is 0 Å². The Kier molecular flexibility index (Phi) is 8.44. The van der Waals surface area contributed by atoms with Crippen LogP contribution in [0.1, 0.15) is 44.9 Å². The van der Waals surface area contributed by atoms with E-state index in [1.54, 1.807) is 0 Å². The van der Waals surface area contributed by atoms with Gasteiger partial charge in [0, 0.05) is 31.8 Å². The van der Waals surface area contributed by atoms with E-state index in [1.165, 1.54) is 104 Å². The summed E-state index contributed by atoms with van der Waals surface area (Å²) in [4.78, 5) is 2.45. The van der Waals surface area contributed by atoms with Crippen molar-refractivity contribution in [3.63, 3.8) is 0 Å². The molecular formula is C62H41NS. The summed E-state index contributed by atoms with van der Waals surface area (Å²) in [5.74, 6) is 0.00989. The molecule has 64 heavy (non-hydrogen) atoms. The first kappa shape index (κ1) is 36.8. The highest BCUT2D eigenvalue weighted by Crippen LogP contribution is 2.63. The van der Waals surface area contributed by atoms with Gasteiger partial charge in [-0.05, 0) is 121 Å². The Bertz CT molecular complexity index is 3500. The summed E-state index contributed by atoms with van der Waals surface area (Å²) in [6, 6.07) is 90.4. The van der Waals surface area contributed by atoms with Crippen LogP contribution >= 0.6 is 11.3 Å². The molecular weight excluding hydrogens is 791 g/mol. The van der Waals surface area contributed by atoms with Gasteiger partial charge in [-0.25, -0.2) is 0 Å². The van der Waals surface area contributed by atoms with E-state index >= 15 is 0 Å². The Morgan fingerprint density at radius 2 is 0.828 bits per heavy atom. The lowest BCUT2D eigenvalue weighted by atomic mass is 9.64. The quantitative estimate of drug-likeness (QED) is 0.151. The highest BCUT2D eigenvalue weighted by Gasteiger charge is 2.51. The molecule has 0 saturated heterocycles. The zero-order valence-corrected chi connectivity index (χ0v) is 35.8. The Labute approximate surface area is 377 Å². The van der Waals surface area contributed by atoms with E-state index in [0.717, 1.165) is 5.69 Å². The lowest BCUT2D eigenvalue weighted by Crippen LogP contribution is -2.36. The molecule has 13 rings (SSSR count). The SMILES string of the molecule is c1ccc(-c2ccc(C(c3ccc(-c4ccc5sc6ccccc6c5c4)cc3)c3ccc4c(c3)-c3ccccc3C43c4ccccc4N(c4ccccc4)c4ccccc43)cc2)cc1. The minimum atomic E-state index is -0.494. The Hall–Kier alpha value is -7.78. The second-order valence-electron chi connectivity index (χ2n) is 17.2. The first-order valence-corrected chi connectivity index (χ1v) is 23.0. The van der Waals surface area contributed by atoms with Crippen molar-refractivity contribution >= 4 is 48.6 Å². The van der Waals surface area contributed by atoms with Crippen molar-refractivity contribution in [2.75, 3.05) is 4.90 Å². The Morgan fingerprint density at radius 1 is 0.328 bits per heavy atom. The molecule has 1 spiro atoms. The van der Waals surface area contributed by atoms with Crippen molar-refractivity contribution in [3.8, 4) is 33.4 Å². The zero-order chi connectivity index (χ0) is 42.2. The average Bonchev–Trinajstić information content (AvgIpc) is 3.88. The fraction of sp³-hybridized carbons (Fsp3) is 0.0323. The van der Waals surface area contributed by atoms with Gasteiger partial charge in [0.05, 0.1) is 16.8 Å². The number of para-hydroxylation sites is 3. The topological polar surface area (TPSA) is 3.24 Å². The summed E-state index contributed by atoms with van der Waals surface area (Å²) in [7, 11) is 0. The molecule has 0 bridgehead atoms. The molecule has 0 fully saturated rings. The molecule has 1 aliphatic carbocycles. The normalized spacial score (nSPS) is 13.7. The van der Waals surface area contributed by atoms with Crippen molar-refractivity contribution in [1.29, 1.82) is 0 Å². The summed E-state index contributed by atoms with van der Waals surface area (Å²) in [5, 5.41) is 2.65. The van der Waals surface area contributed by atoms with Crippen LogP contribution in [0.4, 0.5) is 17.1 Å². The maximum absolute atomic E-state index is 2.51. The third-order valence-corrected chi connectivity index (χ3v) is 15.0. The van der Waals surface area contributed by atoms with Gasteiger partial charge >= 0.3 is 0 Å². The molecule has 0 amide bonds. The Morgan fingerprint density at radius 3 is 1.53 bits per heavy atom. The number of hydrogen-bond donors (Lipinski definition) is 0. The van der Waals surface area contributed by atoms with E-state index in [9.17, 15) is 0 Å². The summed E-state index contributed by atoms with van der Waals surface area (Å²) in [6.07, 6.45) is 0. The van der Waals surface area contributed by atoms with Gasteiger partial charge in [-0.1, -0.05) is 194 Å². The van der Waals surface area contributed by atoms with Crippen molar-refractivity contribution in [2.24, 2.45) is 0 Å². The number of thiophene rings is 1. The molecule has 1 nitrogen and oxygen atoms in total. The molecule has 2 heterocycles. The molecule has 0 saturated carbocycles. The van der Waals surface area contributed by atoms with Crippen molar-refractivity contribution in [1.82, 2.24) is 0 Å². The van der Waals surface area contributed by atoms with Gasteiger partial charge in [0.2, 0.25) is 0 Å². The number of benzene rings is 10. The van der Waals surface area contributed by atoms with E-state index in [1.807, 2.05) is 11.3 Å². The van der Waals surface area contributed by atoms with Crippen LogP contribution in [-0.2, 0) is 5.41 Å². The largest absolute Gasteiger partial charge is 0.310 e. The van der Waals surface area contributed by atoms with Gasteiger partial charge in [0.15, 0.2) is 0 Å². The van der Waals surface area contributed by atoms with Crippen LogP contribution in [0.15, 0.2) is 243 Å². The van der Waals surface area contributed by atoms with Crippen LogP contribution in [0.5, 0.6) is 0 Å². The smallest absolute Gasteiger partial charge is 0.0754 e. The summed E-state index contributed by atoms with van der Waals surface area (Å²) in [5.41, 5.74) is 19.7. The molecule has 2 heteroatoms. The molecule has 11 aromatic rings. The van der Waals surface area contributed by atoms with Crippen molar-refractivity contribution in [3.05, 3.63) is 282 Å². The molecule has 0 radical (unpaired) electrons. The number of hydrogen-bond acceptors (Lipinski definition) is 2. The molecule has 0 N–H and O–H groups in total.